The molecule has 0 saturated heterocycles. The van der Waals surface area contributed by atoms with Crippen LogP contribution in [0.5, 0.6) is 0 Å². The maximum Gasteiger partial charge on any atom is 0.467 e. The van der Waals surface area contributed by atoms with Gasteiger partial charge in [-0.15, -0.1) is 0 Å². The topological polar surface area (TPSA) is 72.7 Å². The zero-order valence-electron chi connectivity index (χ0n) is 7.15. The highest BCUT2D eigenvalue weighted by Gasteiger charge is 2.23. The summed E-state index contributed by atoms with van der Waals surface area (Å²) in [4.78, 5) is 21.0. The zero-order chi connectivity index (χ0) is 9.56. The molecule has 0 heterocycles. The van der Waals surface area contributed by atoms with E-state index in [0.717, 1.165) is 13.5 Å². The highest BCUT2D eigenvalue weighted by Crippen LogP contribution is 1.97. The molecule has 0 saturated carbocycles. The summed E-state index contributed by atoms with van der Waals surface area (Å²) >= 11 is 0. The van der Waals surface area contributed by atoms with Crippen LogP contribution in [-0.2, 0) is 4.74 Å². The lowest BCUT2D eigenvalue weighted by Crippen LogP contribution is -2.36. The van der Waals surface area contributed by atoms with Gasteiger partial charge in [-0.3, -0.25) is 0 Å². The molecule has 0 atom stereocenters. The summed E-state index contributed by atoms with van der Waals surface area (Å²) in [5.41, 5.74) is 0. The first-order valence-electron chi connectivity index (χ1n) is 3.63. The van der Waals surface area contributed by atoms with Crippen molar-refractivity contribution in [1.29, 1.82) is 0 Å². The monoisotopic (exact) mass is 176 g/mol. The van der Waals surface area contributed by atoms with Gasteiger partial charge < -0.3 is 4.74 Å². The third-order valence-electron chi connectivity index (χ3n) is 1.31. The molecule has 0 aromatic carbocycles. The highest BCUT2D eigenvalue weighted by atomic mass is 16.7. The molecule has 1 amide bonds. The summed E-state index contributed by atoms with van der Waals surface area (Å²) in [5, 5.41) is 9.94. The van der Waals surface area contributed by atoms with E-state index in [2.05, 4.69) is 4.74 Å². The molecule has 0 radical (unpaired) electrons. The van der Waals surface area contributed by atoms with Crippen molar-refractivity contribution in [2.75, 3.05) is 13.7 Å². The van der Waals surface area contributed by atoms with Crippen LogP contribution >= 0.6 is 0 Å². The van der Waals surface area contributed by atoms with E-state index in [0.29, 0.717) is 11.4 Å². The van der Waals surface area contributed by atoms with Crippen molar-refractivity contribution in [3.05, 3.63) is 10.1 Å². The predicted octanol–water partition coefficient (Wildman–Crippen LogP) is 1.05. The molecule has 12 heavy (non-hydrogen) atoms. The Morgan fingerprint density at radius 2 is 2.25 bits per heavy atom. The van der Waals surface area contributed by atoms with Crippen LogP contribution in [0, 0.1) is 10.1 Å². The van der Waals surface area contributed by atoms with E-state index in [1.165, 1.54) is 0 Å². The molecule has 0 N–H and O–H groups in total. The van der Waals surface area contributed by atoms with Gasteiger partial charge in [0.2, 0.25) is 0 Å². The fourth-order valence-corrected chi connectivity index (χ4v) is 0.653. The van der Waals surface area contributed by atoms with Crippen LogP contribution in [0.2, 0.25) is 0 Å². The summed E-state index contributed by atoms with van der Waals surface area (Å²) in [6, 6.07) is 0. The zero-order valence-corrected chi connectivity index (χ0v) is 7.15. The fourth-order valence-electron chi connectivity index (χ4n) is 0.653. The molecule has 0 aromatic heterocycles. The molecule has 0 aliphatic carbocycles. The van der Waals surface area contributed by atoms with E-state index < -0.39 is 11.1 Å². The van der Waals surface area contributed by atoms with E-state index in [1.54, 1.807) is 0 Å². The van der Waals surface area contributed by atoms with Crippen LogP contribution in [0.4, 0.5) is 4.79 Å². The van der Waals surface area contributed by atoms with Crippen molar-refractivity contribution < 1.29 is 14.6 Å². The first kappa shape index (κ1) is 10.7. The lowest BCUT2D eigenvalue weighted by Gasteiger charge is -2.09. The number of methoxy groups -OCH3 is 1. The Kier molecular flexibility index (Phi) is 4.75. The minimum atomic E-state index is -0.923. The van der Waals surface area contributed by atoms with Gasteiger partial charge in [0.05, 0.1) is 13.7 Å². The summed E-state index contributed by atoms with van der Waals surface area (Å²) < 4.78 is 4.22. The first-order chi connectivity index (χ1) is 5.63. The number of carbonyl (C=O) groups is 1. The Morgan fingerprint density at radius 3 is 2.58 bits per heavy atom. The third-order valence-corrected chi connectivity index (χ3v) is 1.31. The van der Waals surface area contributed by atoms with Crippen molar-refractivity contribution in [1.82, 2.24) is 5.01 Å². The number of hydrogen-bond acceptors (Lipinski definition) is 4. The molecule has 0 spiro atoms. The Balaban J connectivity index is 4.04. The Hall–Kier alpha value is -1.33. The van der Waals surface area contributed by atoms with Crippen LogP contribution < -0.4 is 0 Å². The van der Waals surface area contributed by atoms with Gasteiger partial charge in [-0.25, -0.2) is 14.9 Å². The summed E-state index contributed by atoms with van der Waals surface area (Å²) in [6.45, 7) is 1.98. The lowest BCUT2D eigenvalue weighted by molar-refractivity contribution is -0.635. The molecule has 0 aliphatic rings. The van der Waals surface area contributed by atoms with Crippen molar-refractivity contribution in [2.45, 2.75) is 19.8 Å². The van der Waals surface area contributed by atoms with E-state index in [1.807, 2.05) is 6.92 Å². The Morgan fingerprint density at radius 1 is 1.67 bits per heavy atom. The number of nitro groups is 1. The summed E-state index contributed by atoms with van der Waals surface area (Å²) in [7, 11) is 1.12. The minimum Gasteiger partial charge on any atom is -0.449 e. The number of rotatable bonds is 4. The number of hydrogen-bond donors (Lipinski definition) is 0. The Bertz CT molecular complexity index is 171. The van der Waals surface area contributed by atoms with Crippen molar-refractivity contribution >= 4 is 6.09 Å². The third kappa shape index (κ3) is 3.18. The van der Waals surface area contributed by atoms with Gasteiger partial charge in [0.15, 0.2) is 5.03 Å². The number of unbranched alkanes of at least 4 members (excludes halogenated alkanes) is 1. The molecule has 0 unspecified atom stereocenters. The molecule has 0 rings (SSSR count). The van der Waals surface area contributed by atoms with Gasteiger partial charge >= 0.3 is 6.09 Å². The second-order valence-corrected chi connectivity index (χ2v) is 2.18. The molecule has 0 aliphatic heterocycles. The average molecular weight is 176 g/mol. The standard InChI is InChI=1S/C6H12N2O4/c1-3-4-5-7(8(10)11)6(9)12-2/h3-5H2,1-2H3. The molecule has 70 valence electrons. The SMILES string of the molecule is CCCCN(C(=O)OC)[N+](=O)[O-]. The van der Waals surface area contributed by atoms with Crippen molar-refractivity contribution in [2.24, 2.45) is 0 Å². The maximum atomic E-state index is 10.7. The van der Waals surface area contributed by atoms with Crippen molar-refractivity contribution in [3.63, 3.8) is 0 Å². The molecule has 6 heteroatoms. The van der Waals surface area contributed by atoms with Crippen LogP contribution in [0.15, 0.2) is 0 Å². The van der Waals surface area contributed by atoms with Gasteiger partial charge in [0.25, 0.3) is 0 Å². The van der Waals surface area contributed by atoms with E-state index >= 15 is 0 Å². The van der Waals surface area contributed by atoms with Gasteiger partial charge in [-0.05, 0) is 11.4 Å². The van der Waals surface area contributed by atoms with Gasteiger partial charge in [-0.2, -0.15) is 0 Å². The molecule has 0 bridgehead atoms. The maximum absolute atomic E-state index is 10.7. The summed E-state index contributed by atoms with van der Waals surface area (Å²) in [6.07, 6.45) is 0.464. The number of hydrazine groups is 1. The minimum absolute atomic E-state index is 0.0934. The molecule has 6 nitrogen and oxygen atoms in total. The smallest absolute Gasteiger partial charge is 0.449 e. The number of amides is 1. The van der Waals surface area contributed by atoms with Crippen LogP contribution in [0.3, 0.4) is 0 Å². The molecule has 0 fully saturated rings. The Labute approximate surface area is 70.2 Å². The van der Waals surface area contributed by atoms with Crippen LogP contribution in [0.25, 0.3) is 0 Å². The predicted molar refractivity (Wildman–Crippen MR) is 41.0 cm³/mol. The molecular formula is C6H12N2O4. The summed E-state index contributed by atoms with van der Waals surface area (Å²) in [5.74, 6) is 0. The number of ether oxygens (including phenoxy) is 1. The van der Waals surface area contributed by atoms with Gasteiger partial charge in [0, 0.05) is 0 Å². The van der Waals surface area contributed by atoms with E-state index in [-0.39, 0.29) is 6.54 Å². The number of carbonyl (C=O) groups excluding carboxylic acids is 1. The highest BCUT2D eigenvalue weighted by molar-refractivity contribution is 5.65. The lowest BCUT2D eigenvalue weighted by atomic mass is 10.3. The van der Waals surface area contributed by atoms with Gasteiger partial charge in [0.1, 0.15) is 0 Å². The first-order valence-corrected chi connectivity index (χ1v) is 3.63. The van der Waals surface area contributed by atoms with Crippen LogP contribution in [-0.4, -0.2) is 29.8 Å². The molecular weight excluding hydrogens is 164 g/mol. The largest absolute Gasteiger partial charge is 0.467 e. The van der Waals surface area contributed by atoms with Crippen LogP contribution in [0.1, 0.15) is 19.8 Å². The average Bonchev–Trinajstić information content (AvgIpc) is 2.04. The number of nitrogens with zero attached hydrogens (tertiary/aromatic N) is 2. The second kappa shape index (κ2) is 5.34. The van der Waals surface area contributed by atoms with Crippen molar-refractivity contribution in [3.8, 4) is 0 Å². The molecule has 0 aromatic rings. The van der Waals surface area contributed by atoms with E-state index in [9.17, 15) is 14.9 Å². The second-order valence-electron chi connectivity index (χ2n) is 2.18. The quantitative estimate of drug-likeness (QED) is 0.474. The fraction of sp³-hybridized carbons (Fsp3) is 0.833. The normalized spacial score (nSPS) is 9.17. The van der Waals surface area contributed by atoms with E-state index in [4.69, 9.17) is 0 Å². The van der Waals surface area contributed by atoms with Gasteiger partial charge in [-0.1, -0.05) is 13.3 Å².